The third-order valence-corrected chi connectivity index (χ3v) is 7.00. The van der Waals surface area contributed by atoms with E-state index in [0.717, 1.165) is 5.56 Å². The molecule has 2 rings (SSSR count). The van der Waals surface area contributed by atoms with Gasteiger partial charge < -0.3 is 4.74 Å². The lowest BCUT2D eigenvalue weighted by atomic mass is 9.95. The van der Waals surface area contributed by atoms with Crippen LogP contribution in [0.1, 0.15) is 57.9 Å². The van der Waals surface area contributed by atoms with Crippen molar-refractivity contribution in [3.63, 3.8) is 0 Å². The normalized spacial score (nSPS) is 18.4. The summed E-state index contributed by atoms with van der Waals surface area (Å²) < 4.78 is 44.4. The van der Waals surface area contributed by atoms with Crippen LogP contribution in [0.2, 0.25) is 0 Å². The van der Waals surface area contributed by atoms with E-state index in [1.165, 1.54) is 6.07 Å². The van der Waals surface area contributed by atoms with Crippen LogP contribution in [0.15, 0.2) is 30.4 Å². The topological polar surface area (TPSA) is 89.5 Å². The van der Waals surface area contributed by atoms with Gasteiger partial charge in [0.05, 0.1) is 18.1 Å². The van der Waals surface area contributed by atoms with Crippen LogP contribution in [0, 0.1) is 17.7 Å². The molecule has 172 valence electrons. The highest BCUT2D eigenvalue weighted by Gasteiger charge is 2.25. The molecule has 0 bridgehead atoms. The number of imide groups is 1. The predicted octanol–water partition coefficient (Wildman–Crippen LogP) is 3.77. The highest BCUT2D eigenvalue weighted by atomic mass is 32.2. The minimum Gasteiger partial charge on any atom is -0.490 e. The summed E-state index contributed by atoms with van der Waals surface area (Å²) in [6.07, 6.45) is 5.27. The van der Waals surface area contributed by atoms with Gasteiger partial charge in [-0.3, -0.25) is 14.9 Å². The van der Waals surface area contributed by atoms with Crippen LogP contribution in [0.3, 0.4) is 0 Å². The number of rotatable bonds is 11. The fraction of sp³-hybridized carbons (Fsp3) is 0.565. The zero-order chi connectivity index (χ0) is 23.0. The zero-order valence-corrected chi connectivity index (χ0v) is 19.2. The largest absolute Gasteiger partial charge is 0.490 e. The Balaban J connectivity index is 1.84. The Morgan fingerprint density at radius 1 is 1.23 bits per heavy atom. The molecule has 1 aromatic rings. The van der Waals surface area contributed by atoms with E-state index in [0.29, 0.717) is 32.3 Å². The number of ether oxygens (including phenoxy) is 1. The number of sulfone groups is 1. The summed E-state index contributed by atoms with van der Waals surface area (Å²) in [6, 6.07) is 4.49. The van der Waals surface area contributed by atoms with Crippen molar-refractivity contribution < 1.29 is 27.1 Å². The molecule has 31 heavy (non-hydrogen) atoms. The van der Waals surface area contributed by atoms with Crippen molar-refractivity contribution >= 4 is 21.7 Å². The van der Waals surface area contributed by atoms with Crippen LogP contribution < -0.4 is 10.1 Å². The Labute approximate surface area is 184 Å². The van der Waals surface area contributed by atoms with Crippen molar-refractivity contribution in [3.05, 3.63) is 41.7 Å². The zero-order valence-electron chi connectivity index (χ0n) is 18.4. The number of allylic oxidation sites excluding steroid dienone is 2. The Morgan fingerprint density at radius 3 is 2.65 bits per heavy atom. The lowest BCUT2D eigenvalue weighted by Crippen LogP contribution is -2.40. The molecule has 2 amide bonds. The summed E-state index contributed by atoms with van der Waals surface area (Å²) in [5.74, 6) is -1.14. The second-order valence-electron chi connectivity index (χ2n) is 8.55. The van der Waals surface area contributed by atoms with Crippen LogP contribution in [-0.4, -0.2) is 38.3 Å². The number of carbonyl (C=O) groups excluding carboxylic acids is 2. The number of amides is 2. The van der Waals surface area contributed by atoms with Gasteiger partial charge in [-0.25, -0.2) is 12.8 Å². The van der Waals surface area contributed by atoms with Gasteiger partial charge in [-0.2, -0.15) is 0 Å². The molecule has 1 aromatic carbocycles. The second-order valence-corrected chi connectivity index (χ2v) is 10.8. The summed E-state index contributed by atoms with van der Waals surface area (Å²) in [4.78, 5) is 22.9. The number of halogens is 1. The molecule has 1 heterocycles. The minimum atomic E-state index is -3.31. The summed E-state index contributed by atoms with van der Waals surface area (Å²) in [5, 5.41) is 2.31. The summed E-state index contributed by atoms with van der Waals surface area (Å²) in [6.45, 7) is 6.13. The molecule has 1 aliphatic heterocycles. The molecule has 8 heteroatoms. The van der Waals surface area contributed by atoms with E-state index >= 15 is 0 Å². The van der Waals surface area contributed by atoms with Gasteiger partial charge in [0.15, 0.2) is 21.4 Å². The first-order valence-electron chi connectivity index (χ1n) is 10.7. The number of carbonyl (C=O) groups is 2. The standard InChI is InChI=1S/C23H32FNO5S/c1-16(2)14-30-21-13-19(8-10-20(21)24)17(3)15-31(28,29)12-6-4-5-7-18-9-11-22(26)25-23(18)27/h4-5,8,10,13,16-18H,6-7,9,11-12,14-15H2,1-3H3,(H,25,26,27)/b5-4+/t17-,18?/m0/s1. The van der Waals surface area contributed by atoms with Crippen molar-refractivity contribution in [1.29, 1.82) is 0 Å². The average Bonchev–Trinajstić information content (AvgIpc) is 2.68. The van der Waals surface area contributed by atoms with E-state index in [1.54, 1.807) is 31.2 Å². The maximum absolute atomic E-state index is 13.9. The number of hydrogen-bond acceptors (Lipinski definition) is 5. The van der Waals surface area contributed by atoms with Crippen LogP contribution in [0.5, 0.6) is 5.75 Å². The van der Waals surface area contributed by atoms with Gasteiger partial charge in [0.2, 0.25) is 11.8 Å². The van der Waals surface area contributed by atoms with Crippen LogP contribution >= 0.6 is 0 Å². The Bertz CT molecular complexity index is 911. The Kier molecular flexibility index (Phi) is 9.22. The maximum atomic E-state index is 13.9. The van der Waals surface area contributed by atoms with Crippen LogP contribution in [-0.2, 0) is 19.4 Å². The number of piperidine rings is 1. The number of hydrogen-bond donors (Lipinski definition) is 1. The molecule has 1 saturated heterocycles. The van der Waals surface area contributed by atoms with Gasteiger partial charge >= 0.3 is 0 Å². The molecule has 1 fully saturated rings. The fourth-order valence-corrected chi connectivity index (χ4v) is 4.96. The van der Waals surface area contributed by atoms with E-state index in [1.807, 2.05) is 13.8 Å². The molecule has 0 aliphatic carbocycles. The minimum absolute atomic E-state index is 0.00108. The first-order valence-corrected chi connectivity index (χ1v) is 12.5. The number of nitrogens with one attached hydrogen (secondary N) is 1. The van der Waals surface area contributed by atoms with Gasteiger partial charge in [-0.05, 0) is 48.8 Å². The predicted molar refractivity (Wildman–Crippen MR) is 118 cm³/mol. The smallest absolute Gasteiger partial charge is 0.229 e. The molecule has 2 atom stereocenters. The molecular formula is C23H32FNO5S. The summed E-state index contributed by atoms with van der Waals surface area (Å²) >= 11 is 0. The summed E-state index contributed by atoms with van der Waals surface area (Å²) in [5.41, 5.74) is 0.720. The molecular weight excluding hydrogens is 421 g/mol. The van der Waals surface area contributed by atoms with E-state index < -0.39 is 15.7 Å². The van der Waals surface area contributed by atoms with E-state index in [4.69, 9.17) is 4.74 Å². The molecule has 0 spiro atoms. The van der Waals surface area contributed by atoms with Gasteiger partial charge in [-0.1, -0.05) is 39.0 Å². The SMILES string of the molecule is CC(C)COc1cc([C@@H](C)CS(=O)(=O)CC/C=C/CC2CCC(=O)NC2=O)ccc1F. The molecule has 0 saturated carbocycles. The van der Waals surface area contributed by atoms with Crippen LogP contribution in [0.25, 0.3) is 0 Å². The molecule has 0 aromatic heterocycles. The highest BCUT2D eigenvalue weighted by molar-refractivity contribution is 7.91. The molecule has 0 radical (unpaired) electrons. The molecule has 1 N–H and O–H groups in total. The first kappa shape index (κ1) is 25.0. The van der Waals surface area contributed by atoms with Gasteiger partial charge in [0.1, 0.15) is 0 Å². The highest BCUT2D eigenvalue weighted by Crippen LogP contribution is 2.26. The second kappa shape index (κ2) is 11.4. The van der Waals surface area contributed by atoms with Crippen molar-refractivity contribution in [3.8, 4) is 5.75 Å². The van der Waals surface area contributed by atoms with E-state index in [-0.39, 0.29) is 46.8 Å². The fourth-order valence-electron chi connectivity index (χ4n) is 3.34. The Hall–Kier alpha value is -2.22. The van der Waals surface area contributed by atoms with Crippen molar-refractivity contribution in [2.75, 3.05) is 18.1 Å². The first-order chi connectivity index (χ1) is 14.6. The third kappa shape index (κ3) is 8.44. The average molecular weight is 454 g/mol. The van der Waals surface area contributed by atoms with E-state index in [9.17, 15) is 22.4 Å². The lowest BCUT2D eigenvalue weighted by Gasteiger charge is -2.19. The van der Waals surface area contributed by atoms with Gasteiger partial charge in [0, 0.05) is 12.3 Å². The molecule has 6 nitrogen and oxygen atoms in total. The van der Waals surface area contributed by atoms with E-state index in [2.05, 4.69) is 5.32 Å². The third-order valence-electron chi connectivity index (χ3n) is 5.14. The maximum Gasteiger partial charge on any atom is 0.229 e. The Morgan fingerprint density at radius 2 is 1.97 bits per heavy atom. The van der Waals surface area contributed by atoms with Crippen molar-refractivity contribution in [2.24, 2.45) is 11.8 Å². The number of benzene rings is 1. The monoisotopic (exact) mass is 453 g/mol. The summed E-state index contributed by atoms with van der Waals surface area (Å²) in [7, 11) is -3.31. The van der Waals surface area contributed by atoms with Gasteiger partial charge in [-0.15, -0.1) is 0 Å². The van der Waals surface area contributed by atoms with Crippen molar-refractivity contribution in [2.45, 2.75) is 52.4 Å². The van der Waals surface area contributed by atoms with Crippen molar-refractivity contribution in [1.82, 2.24) is 5.32 Å². The molecule has 1 aliphatic rings. The quantitative estimate of drug-likeness (QED) is 0.407. The van der Waals surface area contributed by atoms with Gasteiger partial charge in [0.25, 0.3) is 0 Å². The van der Waals surface area contributed by atoms with Crippen LogP contribution in [0.4, 0.5) is 4.39 Å². The molecule has 1 unspecified atom stereocenters. The lowest BCUT2D eigenvalue weighted by molar-refractivity contribution is -0.136.